The number of hydrogen-bond acceptors (Lipinski definition) is 4. The molecule has 3 N–H and O–H groups in total. The third kappa shape index (κ3) is 2.68. The van der Waals surface area contributed by atoms with Crippen LogP contribution < -0.4 is 5.73 Å². The Morgan fingerprint density at radius 1 is 1.47 bits per heavy atom. The summed E-state index contributed by atoms with van der Waals surface area (Å²) in [5.41, 5.74) is 6.62. The van der Waals surface area contributed by atoms with Gasteiger partial charge in [0.1, 0.15) is 5.75 Å². The topological polar surface area (TPSA) is 75.8 Å². The number of amides is 1. The van der Waals surface area contributed by atoms with Crippen LogP contribution in [-0.2, 0) is 4.74 Å². The molecule has 1 atom stereocenters. The van der Waals surface area contributed by atoms with Crippen molar-refractivity contribution in [1.82, 2.24) is 4.90 Å². The van der Waals surface area contributed by atoms with Gasteiger partial charge >= 0.3 is 6.09 Å². The molecular formula is C12H16N2O3. The van der Waals surface area contributed by atoms with E-state index in [2.05, 4.69) is 0 Å². The number of aromatic hydroxyl groups is 1. The van der Waals surface area contributed by atoms with E-state index in [1.807, 2.05) is 6.07 Å². The lowest BCUT2D eigenvalue weighted by Gasteiger charge is -2.28. The van der Waals surface area contributed by atoms with Crippen molar-refractivity contribution in [1.29, 1.82) is 0 Å². The van der Waals surface area contributed by atoms with Crippen LogP contribution in [0, 0.1) is 0 Å². The van der Waals surface area contributed by atoms with Crippen molar-refractivity contribution in [2.75, 3.05) is 19.7 Å². The zero-order chi connectivity index (χ0) is 12.3. The molecule has 0 aromatic heterocycles. The molecule has 17 heavy (non-hydrogen) atoms. The Kier molecular flexibility index (Phi) is 3.49. The van der Waals surface area contributed by atoms with Crippen molar-refractivity contribution < 1.29 is 14.6 Å². The van der Waals surface area contributed by atoms with Crippen LogP contribution in [0.4, 0.5) is 4.79 Å². The lowest BCUT2D eigenvalue weighted by molar-refractivity contribution is 0.0705. The summed E-state index contributed by atoms with van der Waals surface area (Å²) in [4.78, 5) is 13.0. The first kappa shape index (κ1) is 11.7. The summed E-state index contributed by atoms with van der Waals surface area (Å²) in [5.74, 6) is 0.158. The fourth-order valence-corrected chi connectivity index (χ4v) is 1.90. The second-order valence-electron chi connectivity index (χ2n) is 4.08. The van der Waals surface area contributed by atoms with Gasteiger partial charge in [-0.1, -0.05) is 18.2 Å². The molecule has 0 radical (unpaired) electrons. The van der Waals surface area contributed by atoms with Gasteiger partial charge in [0.15, 0.2) is 0 Å². The number of carbonyl (C=O) groups excluding carboxylic acids is 1. The van der Waals surface area contributed by atoms with Gasteiger partial charge in [-0.15, -0.1) is 0 Å². The van der Waals surface area contributed by atoms with Crippen LogP contribution >= 0.6 is 0 Å². The smallest absolute Gasteiger partial charge is 0.409 e. The van der Waals surface area contributed by atoms with Crippen molar-refractivity contribution in [3.8, 4) is 5.75 Å². The average Bonchev–Trinajstić information content (AvgIpc) is 2.32. The molecule has 1 amide bonds. The average molecular weight is 236 g/mol. The predicted octanol–water partition coefficient (Wildman–Crippen LogP) is 1.23. The second-order valence-corrected chi connectivity index (χ2v) is 4.08. The zero-order valence-electron chi connectivity index (χ0n) is 9.50. The van der Waals surface area contributed by atoms with Crippen LogP contribution in [0.5, 0.6) is 5.75 Å². The van der Waals surface area contributed by atoms with Gasteiger partial charge in [-0.3, -0.25) is 0 Å². The van der Waals surface area contributed by atoms with E-state index in [0.29, 0.717) is 25.3 Å². The molecule has 5 heteroatoms. The molecule has 5 nitrogen and oxygen atoms in total. The molecule has 0 spiro atoms. The van der Waals surface area contributed by atoms with Gasteiger partial charge < -0.3 is 20.5 Å². The maximum Gasteiger partial charge on any atom is 0.409 e. The number of nitrogens with zero attached hydrogens (tertiary/aromatic N) is 1. The Bertz CT molecular complexity index is 408. The first-order valence-corrected chi connectivity index (χ1v) is 5.63. The number of benzene rings is 1. The van der Waals surface area contributed by atoms with E-state index in [-0.39, 0.29) is 11.8 Å². The van der Waals surface area contributed by atoms with E-state index in [0.717, 1.165) is 6.42 Å². The normalized spacial score (nSPS) is 17.7. The SMILES string of the molecule is NC(CN1CCCOC1=O)c1ccccc1O. The molecular weight excluding hydrogens is 220 g/mol. The van der Waals surface area contributed by atoms with Crippen molar-refractivity contribution in [2.45, 2.75) is 12.5 Å². The summed E-state index contributed by atoms with van der Waals surface area (Å²) in [6, 6.07) is 6.49. The Labute approximate surface area is 99.8 Å². The third-order valence-electron chi connectivity index (χ3n) is 2.81. The van der Waals surface area contributed by atoms with E-state index < -0.39 is 6.04 Å². The van der Waals surface area contributed by atoms with Gasteiger partial charge in [0.2, 0.25) is 0 Å². The van der Waals surface area contributed by atoms with Gasteiger partial charge in [0, 0.05) is 18.7 Å². The lowest BCUT2D eigenvalue weighted by Crippen LogP contribution is -2.41. The van der Waals surface area contributed by atoms with Crippen molar-refractivity contribution in [3.05, 3.63) is 29.8 Å². The van der Waals surface area contributed by atoms with E-state index in [9.17, 15) is 9.90 Å². The number of cyclic esters (lactones) is 1. The van der Waals surface area contributed by atoms with E-state index in [1.54, 1.807) is 23.1 Å². The minimum Gasteiger partial charge on any atom is -0.508 e. The molecule has 1 aromatic carbocycles. The molecule has 1 saturated heterocycles. The summed E-state index contributed by atoms with van der Waals surface area (Å²) in [6.07, 6.45) is 0.487. The van der Waals surface area contributed by atoms with E-state index >= 15 is 0 Å². The van der Waals surface area contributed by atoms with E-state index in [4.69, 9.17) is 10.5 Å². The molecule has 1 fully saturated rings. The van der Waals surface area contributed by atoms with Crippen LogP contribution in [0.2, 0.25) is 0 Å². The Balaban J connectivity index is 2.03. The third-order valence-corrected chi connectivity index (χ3v) is 2.81. The highest BCUT2D eigenvalue weighted by molar-refractivity contribution is 5.68. The number of para-hydroxylation sites is 1. The number of carbonyl (C=O) groups is 1. The Morgan fingerprint density at radius 3 is 2.94 bits per heavy atom. The highest BCUT2D eigenvalue weighted by atomic mass is 16.6. The quantitative estimate of drug-likeness (QED) is 0.827. The summed E-state index contributed by atoms with van der Waals surface area (Å²) in [7, 11) is 0. The number of hydrogen-bond donors (Lipinski definition) is 2. The molecule has 0 aliphatic carbocycles. The summed E-state index contributed by atoms with van der Waals surface area (Å²) in [5, 5.41) is 9.66. The summed E-state index contributed by atoms with van der Waals surface area (Å²) < 4.78 is 4.93. The molecule has 0 bridgehead atoms. The largest absolute Gasteiger partial charge is 0.508 e. The van der Waals surface area contributed by atoms with Crippen LogP contribution in [0.25, 0.3) is 0 Å². The number of phenols is 1. The van der Waals surface area contributed by atoms with Gasteiger partial charge in [-0.2, -0.15) is 0 Å². The highest BCUT2D eigenvalue weighted by Gasteiger charge is 2.23. The van der Waals surface area contributed by atoms with Crippen LogP contribution in [0.3, 0.4) is 0 Å². The van der Waals surface area contributed by atoms with E-state index in [1.165, 1.54) is 0 Å². The van der Waals surface area contributed by atoms with Crippen molar-refractivity contribution >= 4 is 6.09 Å². The Morgan fingerprint density at radius 2 is 2.24 bits per heavy atom. The van der Waals surface area contributed by atoms with Gasteiger partial charge in [-0.05, 0) is 12.5 Å². The van der Waals surface area contributed by atoms with Gasteiger partial charge in [-0.25, -0.2) is 4.79 Å². The molecule has 1 aromatic rings. The molecule has 2 rings (SSSR count). The number of ether oxygens (including phenoxy) is 1. The maximum absolute atomic E-state index is 11.4. The summed E-state index contributed by atoms with van der Waals surface area (Å²) >= 11 is 0. The second kappa shape index (κ2) is 5.05. The zero-order valence-corrected chi connectivity index (χ0v) is 9.50. The number of rotatable bonds is 3. The molecule has 1 aliphatic rings. The monoisotopic (exact) mass is 236 g/mol. The minimum atomic E-state index is -0.401. The van der Waals surface area contributed by atoms with Gasteiger partial charge in [0.25, 0.3) is 0 Å². The molecule has 0 saturated carbocycles. The molecule has 1 unspecified atom stereocenters. The molecule has 1 heterocycles. The van der Waals surface area contributed by atoms with Crippen LogP contribution in [0.15, 0.2) is 24.3 Å². The van der Waals surface area contributed by atoms with Crippen LogP contribution in [-0.4, -0.2) is 35.8 Å². The fourth-order valence-electron chi connectivity index (χ4n) is 1.90. The summed E-state index contributed by atoms with van der Waals surface area (Å²) in [6.45, 7) is 1.48. The number of nitrogens with two attached hydrogens (primary N) is 1. The first-order valence-electron chi connectivity index (χ1n) is 5.63. The minimum absolute atomic E-state index is 0.158. The molecule has 1 aliphatic heterocycles. The molecule has 92 valence electrons. The standard InChI is InChI=1S/C12H16N2O3/c13-10(9-4-1-2-5-11(9)15)8-14-6-3-7-17-12(14)16/h1-2,4-5,10,15H,3,6-8,13H2. The highest BCUT2D eigenvalue weighted by Crippen LogP contribution is 2.23. The predicted molar refractivity (Wildman–Crippen MR) is 62.6 cm³/mol. The van der Waals surface area contributed by atoms with Gasteiger partial charge in [0.05, 0.1) is 12.6 Å². The first-order chi connectivity index (χ1) is 8.18. The van der Waals surface area contributed by atoms with Crippen LogP contribution in [0.1, 0.15) is 18.0 Å². The van der Waals surface area contributed by atoms with Crippen molar-refractivity contribution in [3.63, 3.8) is 0 Å². The number of phenolic OH excluding ortho intramolecular Hbond substituents is 1. The fraction of sp³-hybridized carbons (Fsp3) is 0.417. The van der Waals surface area contributed by atoms with Crippen molar-refractivity contribution in [2.24, 2.45) is 5.73 Å². The maximum atomic E-state index is 11.4. The lowest BCUT2D eigenvalue weighted by atomic mass is 10.1. The Hall–Kier alpha value is -1.75.